The molecule has 1 aliphatic carbocycles. The van der Waals surface area contributed by atoms with E-state index in [2.05, 4.69) is 0 Å². The maximum absolute atomic E-state index is 13.1. The number of hydrogen-bond donors (Lipinski definition) is 0. The molecule has 2 aromatic carbocycles. The number of cyclic esters (lactones) is 1. The van der Waals surface area contributed by atoms with Gasteiger partial charge in [-0.3, -0.25) is 4.79 Å². The van der Waals surface area contributed by atoms with Crippen molar-refractivity contribution in [3.05, 3.63) is 41.0 Å². The quantitative estimate of drug-likeness (QED) is 0.464. The first-order chi connectivity index (χ1) is 16.9. The van der Waals surface area contributed by atoms with Gasteiger partial charge in [0.1, 0.15) is 6.10 Å². The molecule has 35 heavy (non-hydrogen) atoms. The molecule has 0 saturated carbocycles. The topological polar surface area (TPSA) is 98.8 Å². The van der Waals surface area contributed by atoms with Crippen molar-refractivity contribution in [2.75, 3.05) is 34.7 Å². The van der Waals surface area contributed by atoms with E-state index in [4.69, 9.17) is 33.2 Å². The van der Waals surface area contributed by atoms with E-state index in [0.717, 1.165) is 0 Å². The van der Waals surface area contributed by atoms with E-state index in [1.165, 1.54) is 21.3 Å². The Morgan fingerprint density at radius 3 is 2.34 bits per heavy atom. The molecule has 9 nitrogen and oxygen atoms in total. The van der Waals surface area contributed by atoms with E-state index >= 15 is 0 Å². The van der Waals surface area contributed by atoms with Crippen molar-refractivity contribution in [3.8, 4) is 39.9 Å². The Morgan fingerprint density at radius 2 is 1.69 bits per heavy atom. The highest BCUT2D eigenvalue weighted by molar-refractivity contribution is 5.92. The summed E-state index contributed by atoms with van der Waals surface area (Å²) in [6, 6.07) is 5.38. The van der Waals surface area contributed by atoms with Crippen molar-refractivity contribution < 1.29 is 42.7 Å². The summed E-state index contributed by atoms with van der Waals surface area (Å²) >= 11 is 0. The van der Waals surface area contributed by atoms with Crippen LogP contribution in [0.2, 0.25) is 0 Å². The molecule has 1 fully saturated rings. The van der Waals surface area contributed by atoms with Crippen LogP contribution in [0.5, 0.6) is 28.7 Å². The minimum absolute atomic E-state index is 0.0734. The summed E-state index contributed by atoms with van der Waals surface area (Å²) in [5.41, 5.74) is 3.04. The molecular weight excluding hydrogens is 456 g/mol. The lowest BCUT2D eigenvalue weighted by Gasteiger charge is -2.25. The third-order valence-corrected chi connectivity index (χ3v) is 6.79. The molecular formula is C26H26O9. The summed E-state index contributed by atoms with van der Waals surface area (Å²) in [5.74, 6) is 0.120. The average Bonchev–Trinajstić information content (AvgIpc) is 3.47. The molecule has 0 bridgehead atoms. The van der Waals surface area contributed by atoms with Crippen LogP contribution < -0.4 is 23.7 Å². The average molecular weight is 482 g/mol. The molecule has 3 atom stereocenters. The largest absolute Gasteiger partial charge is 0.493 e. The Labute approximate surface area is 202 Å². The van der Waals surface area contributed by atoms with Gasteiger partial charge < -0.3 is 33.2 Å². The minimum Gasteiger partial charge on any atom is -0.493 e. The first-order valence-electron chi connectivity index (χ1n) is 11.2. The lowest BCUT2D eigenvalue weighted by Crippen LogP contribution is -2.24. The summed E-state index contributed by atoms with van der Waals surface area (Å²) < 4.78 is 39.9. The Balaban J connectivity index is 1.84. The molecule has 9 heteroatoms. The number of hydrogen-bond acceptors (Lipinski definition) is 9. The zero-order valence-corrected chi connectivity index (χ0v) is 20.1. The van der Waals surface area contributed by atoms with Gasteiger partial charge in [-0.1, -0.05) is 6.08 Å². The van der Waals surface area contributed by atoms with Crippen LogP contribution in [0.4, 0.5) is 0 Å². The minimum atomic E-state index is -0.799. The molecule has 5 rings (SSSR count). The molecule has 2 aromatic rings. The number of carbonyl (C=O) groups excluding carboxylic acids is 2. The smallest absolute Gasteiger partial charge is 0.334 e. The Hall–Kier alpha value is -3.88. The van der Waals surface area contributed by atoms with Gasteiger partial charge in [-0.2, -0.15) is 0 Å². The predicted molar refractivity (Wildman–Crippen MR) is 123 cm³/mol. The second kappa shape index (κ2) is 8.72. The van der Waals surface area contributed by atoms with E-state index in [9.17, 15) is 9.59 Å². The third kappa shape index (κ3) is 3.45. The van der Waals surface area contributed by atoms with Crippen LogP contribution in [0.15, 0.2) is 29.8 Å². The van der Waals surface area contributed by atoms with Crippen molar-refractivity contribution in [3.63, 3.8) is 0 Å². The summed E-state index contributed by atoms with van der Waals surface area (Å²) in [6.45, 7) is 3.60. The summed E-state index contributed by atoms with van der Waals surface area (Å²) in [5, 5.41) is 0. The van der Waals surface area contributed by atoms with Gasteiger partial charge in [-0.15, -0.1) is 0 Å². The van der Waals surface area contributed by atoms with Gasteiger partial charge in [0.2, 0.25) is 12.5 Å². The number of fused-ring (bicyclic) bond motifs is 6. The lowest BCUT2D eigenvalue weighted by molar-refractivity contribution is -0.148. The van der Waals surface area contributed by atoms with E-state index in [0.29, 0.717) is 56.6 Å². The monoisotopic (exact) mass is 482 g/mol. The molecule has 2 aliphatic heterocycles. The second-order valence-corrected chi connectivity index (χ2v) is 8.47. The van der Waals surface area contributed by atoms with Crippen molar-refractivity contribution in [1.82, 2.24) is 0 Å². The number of methoxy groups -OCH3 is 3. The summed E-state index contributed by atoms with van der Waals surface area (Å²) in [6.07, 6.45) is 0.883. The lowest BCUT2D eigenvalue weighted by atomic mass is 9.83. The molecule has 2 heterocycles. The summed E-state index contributed by atoms with van der Waals surface area (Å²) in [7, 11) is 4.55. The van der Waals surface area contributed by atoms with Gasteiger partial charge in [-0.05, 0) is 43.2 Å². The van der Waals surface area contributed by atoms with Crippen molar-refractivity contribution in [2.24, 2.45) is 5.92 Å². The van der Waals surface area contributed by atoms with Crippen molar-refractivity contribution >= 4 is 11.9 Å². The molecule has 1 saturated heterocycles. The maximum Gasteiger partial charge on any atom is 0.334 e. The Bertz CT molecular complexity index is 1250. The normalized spacial score (nSPS) is 21.8. The fourth-order valence-electron chi connectivity index (χ4n) is 4.97. The number of esters is 2. The Kier molecular flexibility index (Phi) is 5.70. The molecule has 184 valence electrons. The van der Waals surface area contributed by atoms with Gasteiger partial charge in [0.25, 0.3) is 0 Å². The fourth-order valence-corrected chi connectivity index (χ4v) is 4.97. The van der Waals surface area contributed by atoms with Crippen LogP contribution in [-0.2, 0) is 19.1 Å². The molecule has 0 amide bonds. The highest BCUT2D eigenvalue weighted by Gasteiger charge is 2.50. The van der Waals surface area contributed by atoms with Crippen LogP contribution in [0.1, 0.15) is 37.0 Å². The van der Waals surface area contributed by atoms with Crippen molar-refractivity contribution in [1.29, 1.82) is 0 Å². The van der Waals surface area contributed by atoms with Crippen LogP contribution in [0.25, 0.3) is 11.1 Å². The first kappa shape index (κ1) is 22.9. The zero-order chi connectivity index (χ0) is 24.9. The second-order valence-electron chi connectivity index (χ2n) is 8.47. The number of benzene rings is 2. The van der Waals surface area contributed by atoms with Crippen LogP contribution in [0.3, 0.4) is 0 Å². The van der Waals surface area contributed by atoms with E-state index in [1.807, 2.05) is 6.07 Å². The number of allylic oxidation sites excluding steroid dienone is 1. The highest BCUT2D eigenvalue weighted by atomic mass is 16.7. The Morgan fingerprint density at radius 1 is 0.971 bits per heavy atom. The molecule has 0 N–H and O–H groups in total. The molecule has 0 radical (unpaired) electrons. The number of ether oxygens (including phenoxy) is 7. The predicted octanol–water partition coefficient (Wildman–Crippen LogP) is 3.93. The number of rotatable bonds is 5. The van der Waals surface area contributed by atoms with Crippen LogP contribution >= 0.6 is 0 Å². The van der Waals surface area contributed by atoms with Gasteiger partial charge in [-0.25, -0.2) is 4.79 Å². The maximum atomic E-state index is 13.1. The van der Waals surface area contributed by atoms with E-state index in [1.54, 1.807) is 32.1 Å². The zero-order valence-electron chi connectivity index (χ0n) is 20.1. The van der Waals surface area contributed by atoms with E-state index in [-0.39, 0.29) is 13.4 Å². The standard InChI is InChI=1S/C26H26O9/c1-6-12(2)25(27)35-22-14-8-18-17(33-11-34-18)7-13(14)20-15(21-16(22)10-32-26(21)28)9-19(29-3)23(30-4)24(20)31-5/h6-9,16,21-22H,10-11H2,1-5H3/t16-,21+,22-/m1/s1. The van der Waals surface area contributed by atoms with Gasteiger partial charge in [0, 0.05) is 16.7 Å². The third-order valence-electron chi connectivity index (χ3n) is 6.79. The van der Waals surface area contributed by atoms with Crippen LogP contribution in [0, 0.1) is 5.92 Å². The number of carbonyl (C=O) groups is 2. The molecule has 0 spiro atoms. The molecule has 0 unspecified atom stereocenters. The van der Waals surface area contributed by atoms with E-state index < -0.39 is 29.9 Å². The first-order valence-corrected chi connectivity index (χ1v) is 11.2. The fraction of sp³-hybridized carbons (Fsp3) is 0.385. The SMILES string of the molecule is CC=C(C)C(=O)O[C@@H]1c2cc3c(cc2-c2c(cc(OC)c(OC)c2OC)[C@@H]2C(=O)OC[C@@H]12)OCO3. The molecule has 0 aromatic heterocycles. The van der Waals surface area contributed by atoms with Crippen molar-refractivity contribution in [2.45, 2.75) is 25.9 Å². The van der Waals surface area contributed by atoms with Gasteiger partial charge in [0.15, 0.2) is 23.0 Å². The van der Waals surface area contributed by atoms with Gasteiger partial charge in [0.05, 0.1) is 39.8 Å². The highest BCUT2D eigenvalue weighted by Crippen LogP contribution is 2.58. The van der Waals surface area contributed by atoms with Crippen LogP contribution in [-0.4, -0.2) is 46.7 Å². The van der Waals surface area contributed by atoms with Gasteiger partial charge >= 0.3 is 11.9 Å². The summed E-state index contributed by atoms with van der Waals surface area (Å²) in [4.78, 5) is 26.0. The molecule has 3 aliphatic rings.